The van der Waals surface area contributed by atoms with Crippen molar-refractivity contribution in [1.29, 1.82) is 0 Å². The number of benzene rings is 1. The van der Waals surface area contributed by atoms with Crippen LogP contribution in [0.25, 0.3) is 0 Å². The van der Waals surface area contributed by atoms with Gasteiger partial charge in [-0.1, -0.05) is 23.2 Å². The first-order valence-corrected chi connectivity index (χ1v) is 7.66. The Balaban J connectivity index is 2.45. The second kappa shape index (κ2) is 5.96. The van der Waals surface area contributed by atoms with Crippen LogP contribution in [0.2, 0.25) is 0 Å². The van der Waals surface area contributed by atoms with Gasteiger partial charge in [-0.15, -0.1) is 10.2 Å². The molecule has 0 amide bonds. The number of hydrogen-bond donors (Lipinski definition) is 2. The van der Waals surface area contributed by atoms with E-state index in [4.69, 9.17) is 5.73 Å². The normalized spacial score (nSPS) is 10.7. The third kappa shape index (κ3) is 3.30. The summed E-state index contributed by atoms with van der Waals surface area (Å²) in [4.78, 5) is -0.143. The first-order valence-electron chi connectivity index (χ1n) is 5.30. The van der Waals surface area contributed by atoms with E-state index in [1.165, 1.54) is 5.51 Å². The molecule has 0 bridgehead atoms. The zero-order chi connectivity index (χ0) is 14.6. The number of nitrogens with zero attached hydrogens (tertiary/aromatic N) is 2. The molecule has 3 N–H and O–H groups in total. The van der Waals surface area contributed by atoms with Gasteiger partial charge in [0.15, 0.2) is 0 Å². The molecule has 0 spiro atoms. The lowest BCUT2D eigenvalue weighted by atomic mass is 10.2. The van der Waals surface area contributed by atoms with Crippen LogP contribution in [0.1, 0.15) is 5.56 Å². The fourth-order valence-electron chi connectivity index (χ4n) is 1.37. The standard InChI is InChI=1S/C11H9FN4O2S2/c12-9-3-4-10(8(6-9)2-1-5-13)20(17,18)16-11-15-14-7-19-11/h3-4,6-7H,5,13H2,(H,15,16). The van der Waals surface area contributed by atoms with Gasteiger partial charge in [-0.2, -0.15) is 0 Å². The SMILES string of the molecule is NCC#Cc1cc(F)ccc1S(=O)(=O)Nc1nncs1. The lowest BCUT2D eigenvalue weighted by Crippen LogP contribution is -2.14. The second-order valence-electron chi connectivity index (χ2n) is 3.50. The van der Waals surface area contributed by atoms with E-state index in [-0.39, 0.29) is 22.1 Å². The summed E-state index contributed by atoms with van der Waals surface area (Å²) < 4.78 is 39.9. The van der Waals surface area contributed by atoms with Gasteiger partial charge in [0.2, 0.25) is 5.13 Å². The quantitative estimate of drug-likeness (QED) is 0.817. The van der Waals surface area contributed by atoms with E-state index in [0.29, 0.717) is 0 Å². The first kappa shape index (κ1) is 14.4. The summed E-state index contributed by atoms with van der Waals surface area (Å²) in [6.45, 7) is 0.0415. The largest absolute Gasteiger partial charge is 0.320 e. The van der Waals surface area contributed by atoms with Crippen LogP contribution >= 0.6 is 11.3 Å². The highest BCUT2D eigenvalue weighted by Crippen LogP contribution is 2.20. The van der Waals surface area contributed by atoms with Crippen LogP contribution in [0.5, 0.6) is 0 Å². The van der Waals surface area contributed by atoms with Crippen LogP contribution in [-0.4, -0.2) is 25.2 Å². The minimum atomic E-state index is -3.91. The van der Waals surface area contributed by atoms with Crippen LogP contribution < -0.4 is 10.5 Å². The number of rotatable bonds is 3. The molecule has 0 fully saturated rings. The molecule has 1 heterocycles. The molecule has 0 unspecified atom stereocenters. The molecular formula is C11H9FN4O2S2. The topological polar surface area (TPSA) is 98.0 Å². The number of anilines is 1. The third-order valence-corrected chi connectivity index (χ3v) is 4.27. The number of halogens is 1. The predicted molar refractivity (Wildman–Crippen MR) is 73.0 cm³/mol. The summed E-state index contributed by atoms with van der Waals surface area (Å²) in [6, 6.07) is 3.22. The van der Waals surface area contributed by atoms with Crippen molar-refractivity contribution in [2.75, 3.05) is 11.3 Å². The van der Waals surface area contributed by atoms with Gasteiger partial charge in [-0.05, 0) is 18.2 Å². The van der Waals surface area contributed by atoms with Crippen LogP contribution in [0.15, 0.2) is 28.6 Å². The van der Waals surface area contributed by atoms with Gasteiger partial charge in [0.25, 0.3) is 10.0 Å². The van der Waals surface area contributed by atoms with Gasteiger partial charge in [0, 0.05) is 5.56 Å². The molecule has 20 heavy (non-hydrogen) atoms. The molecule has 1 aromatic carbocycles. The molecule has 6 nitrogen and oxygen atoms in total. The molecular weight excluding hydrogens is 303 g/mol. The van der Waals surface area contributed by atoms with E-state index < -0.39 is 15.8 Å². The Morgan fingerprint density at radius 2 is 2.25 bits per heavy atom. The smallest absolute Gasteiger partial charge is 0.264 e. The Kier molecular flexibility index (Phi) is 4.29. The van der Waals surface area contributed by atoms with E-state index >= 15 is 0 Å². The average molecular weight is 312 g/mol. The Morgan fingerprint density at radius 1 is 1.45 bits per heavy atom. The molecule has 0 aliphatic rings. The maximum Gasteiger partial charge on any atom is 0.264 e. The minimum absolute atomic E-state index is 0.0347. The van der Waals surface area contributed by atoms with E-state index in [1.807, 2.05) is 0 Å². The molecule has 9 heteroatoms. The van der Waals surface area contributed by atoms with Crippen molar-refractivity contribution in [3.05, 3.63) is 35.1 Å². The van der Waals surface area contributed by atoms with E-state index in [9.17, 15) is 12.8 Å². The van der Waals surface area contributed by atoms with Gasteiger partial charge < -0.3 is 5.73 Å². The van der Waals surface area contributed by atoms with Crippen molar-refractivity contribution >= 4 is 26.5 Å². The maximum atomic E-state index is 13.2. The van der Waals surface area contributed by atoms with Crippen molar-refractivity contribution < 1.29 is 12.8 Å². The van der Waals surface area contributed by atoms with Crippen molar-refractivity contribution in [2.45, 2.75) is 4.90 Å². The Bertz CT molecular complexity index is 763. The molecule has 0 aliphatic carbocycles. The van der Waals surface area contributed by atoms with Crippen LogP contribution in [0.3, 0.4) is 0 Å². The van der Waals surface area contributed by atoms with Gasteiger partial charge in [0.1, 0.15) is 16.2 Å². The highest BCUT2D eigenvalue weighted by molar-refractivity contribution is 7.93. The summed E-state index contributed by atoms with van der Waals surface area (Å²) in [5.41, 5.74) is 6.66. The number of aromatic nitrogens is 2. The summed E-state index contributed by atoms with van der Waals surface area (Å²) in [6.07, 6.45) is 0. The summed E-state index contributed by atoms with van der Waals surface area (Å²) in [5, 5.41) is 7.23. The van der Waals surface area contributed by atoms with E-state index in [2.05, 4.69) is 26.8 Å². The molecule has 0 aliphatic heterocycles. The third-order valence-electron chi connectivity index (χ3n) is 2.14. The maximum absolute atomic E-state index is 13.2. The van der Waals surface area contributed by atoms with E-state index in [1.54, 1.807) is 0 Å². The van der Waals surface area contributed by atoms with Crippen LogP contribution in [-0.2, 0) is 10.0 Å². The summed E-state index contributed by atoms with van der Waals surface area (Å²) in [5.74, 6) is 4.45. The fourth-order valence-corrected chi connectivity index (χ4v) is 3.21. The molecule has 0 radical (unpaired) electrons. The van der Waals surface area contributed by atoms with Crippen molar-refractivity contribution in [1.82, 2.24) is 10.2 Å². The summed E-state index contributed by atoms with van der Waals surface area (Å²) >= 11 is 1.03. The van der Waals surface area contributed by atoms with Crippen molar-refractivity contribution in [3.63, 3.8) is 0 Å². The predicted octanol–water partition coefficient (Wildman–Crippen LogP) is 0.788. The monoisotopic (exact) mass is 312 g/mol. The highest BCUT2D eigenvalue weighted by atomic mass is 32.2. The fraction of sp³-hybridized carbons (Fsp3) is 0.0909. The van der Waals surface area contributed by atoms with Gasteiger partial charge >= 0.3 is 0 Å². The lowest BCUT2D eigenvalue weighted by molar-refractivity contribution is 0.599. The Labute approximate surface area is 118 Å². The number of sulfonamides is 1. The molecule has 0 saturated heterocycles. The number of nitrogens with one attached hydrogen (secondary N) is 1. The minimum Gasteiger partial charge on any atom is -0.320 e. The van der Waals surface area contributed by atoms with Crippen LogP contribution in [0.4, 0.5) is 9.52 Å². The molecule has 0 saturated carbocycles. The molecule has 0 atom stereocenters. The highest BCUT2D eigenvalue weighted by Gasteiger charge is 2.19. The Morgan fingerprint density at radius 3 is 2.90 bits per heavy atom. The van der Waals surface area contributed by atoms with Crippen LogP contribution in [0, 0.1) is 17.7 Å². The zero-order valence-corrected chi connectivity index (χ0v) is 11.6. The van der Waals surface area contributed by atoms with Crippen molar-refractivity contribution in [3.8, 4) is 11.8 Å². The average Bonchev–Trinajstić information content (AvgIpc) is 2.88. The summed E-state index contributed by atoms with van der Waals surface area (Å²) in [7, 11) is -3.91. The Hall–Kier alpha value is -2.02. The molecule has 2 rings (SSSR count). The van der Waals surface area contributed by atoms with Gasteiger partial charge in [0.05, 0.1) is 6.54 Å². The first-order chi connectivity index (χ1) is 9.53. The second-order valence-corrected chi connectivity index (χ2v) is 5.98. The lowest BCUT2D eigenvalue weighted by Gasteiger charge is -2.07. The van der Waals surface area contributed by atoms with Crippen molar-refractivity contribution in [2.24, 2.45) is 5.73 Å². The molecule has 1 aromatic heterocycles. The molecule has 104 valence electrons. The zero-order valence-electron chi connectivity index (χ0n) is 10.00. The van der Waals surface area contributed by atoms with Gasteiger partial charge in [-0.25, -0.2) is 12.8 Å². The number of hydrogen-bond acceptors (Lipinski definition) is 6. The molecule has 2 aromatic rings. The van der Waals surface area contributed by atoms with Gasteiger partial charge in [-0.3, -0.25) is 4.72 Å². The van der Waals surface area contributed by atoms with E-state index in [0.717, 1.165) is 29.5 Å². The number of nitrogens with two attached hydrogens (primary N) is 1.